The molecular formula is C109H144N8O11. The number of carbonyl (C=O) groups excluding carboxylic acids is 4. The van der Waals surface area contributed by atoms with Crippen LogP contribution in [0.3, 0.4) is 0 Å². The molecule has 0 aliphatic rings. The van der Waals surface area contributed by atoms with E-state index >= 15 is 0 Å². The van der Waals surface area contributed by atoms with Gasteiger partial charge in [-0.1, -0.05) is 274 Å². The molecule has 0 saturated heterocycles. The van der Waals surface area contributed by atoms with Gasteiger partial charge in [0.25, 0.3) is 0 Å². The fourth-order valence-corrected chi connectivity index (χ4v) is 12.4. The van der Waals surface area contributed by atoms with Crippen molar-refractivity contribution in [2.75, 3.05) is 124 Å². The smallest absolute Gasteiger partial charge is 0.323 e. The van der Waals surface area contributed by atoms with Crippen molar-refractivity contribution in [2.45, 2.75) is 169 Å². The molecule has 0 radical (unpaired) electrons. The van der Waals surface area contributed by atoms with Crippen LogP contribution in [0.5, 0.6) is 0 Å². The lowest BCUT2D eigenvalue weighted by Crippen LogP contribution is -2.41. The molecule has 0 amide bonds. The van der Waals surface area contributed by atoms with Crippen LogP contribution in [-0.2, 0) is 94.3 Å². The Hall–Kier alpha value is -11.9. The van der Waals surface area contributed by atoms with Crippen molar-refractivity contribution in [3.05, 3.63) is 283 Å². The van der Waals surface area contributed by atoms with Crippen LogP contribution in [0.15, 0.2) is 194 Å². The number of carboxylic acids is 1. The molecule has 686 valence electrons. The molecule has 0 bridgehead atoms. The number of nitrogens with zero attached hydrogens (tertiary/aromatic N) is 6. The number of rotatable bonds is 35. The Balaban J connectivity index is 0.000000732. The number of carbonyl (C=O) groups is 5. The normalized spacial score (nSPS) is 12.2. The molecule has 0 fully saturated rings. The third-order valence-electron chi connectivity index (χ3n) is 21.2. The van der Waals surface area contributed by atoms with Crippen LogP contribution in [0.25, 0.3) is 0 Å². The van der Waals surface area contributed by atoms with E-state index in [0.29, 0.717) is 83.5 Å². The molecule has 8 aromatic rings. The van der Waals surface area contributed by atoms with Crippen molar-refractivity contribution in [1.29, 1.82) is 0 Å². The number of terminal acetylenes is 6. The highest BCUT2D eigenvalue weighted by Crippen LogP contribution is 2.18. The van der Waals surface area contributed by atoms with E-state index in [1.54, 1.807) is 19.0 Å². The number of nitrogens with one attached hydrogen (secondary N) is 1. The van der Waals surface area contributed by atoms with Gasteiger partial charge in [0.05, 0.1) is 74.3 Å². The molecule has 0 saturated carbocycles. The van der Waals surface area contributed by atoms with Crippen molar-refractivity contribution in [3.63, 3.8) is 0 Å². The molecule has 8 aromatic carbocycles. The molecule has 19 heteroatoms. The van der Waals surface area contributed by atoms with E-state index in [0.717, 1.165) is 52.6 Å². The summed E-state index contributed by atoms with van der Waals surface area (Å²) in [7, 11) is 18.8. The van der Waals surface area contributed by atoms with E-state index in [1.807, 2.05) is 192 Å². The summed E-state index contributed by atoms with van der Waals surface area (Å²) < 4.78 is 18.9. The van der Waals surface area contributed by atoms with Gasteiger partial charge in [0.2, 0.25) is 0 Å². The van der Waals surface area contributed by atoms with Gasteiger partial charge in [-0.15, -0.1) is 38.5 Å². The molecule has 128 heavy (non-hydrogen) atoms. The van der Waals surface area contributed by atoms with E-state index in [2.05, 4.69) is 177 Å². The van der Waals surface area contributed by atoms with Crippen molar-refractivity contribution in [3.8, 4) is 74.1 Å². The minimum atomic E-state index is -0.844. The number of esters is 4. The standard InChI is InChI=1S/2C15H19NO2.C14H17NO2.C14H19NO.2C14H19N.C12H17NO2.C11H15NO2/c2*1-5-10-16(3)14(15(17)18-4)11-13-8-6-12(2)7-9-13;1-4-9-15(3)13(14(16)17)10-12-7-5-11(2)6-8-12;1-4-9-15(3)14(11-16)10-13-7-5-12(2)6-8-13;2*1-5-10-15(4)13(3)11-14-8-6-12(2)7-9-14;1-9-4-6-10(7-5-9)8-11(13-2)12(14)15-3;1-8-3-5-9(6-4-8)7-10(12)11(13)14-2/h2*1,6-9,14H,10-11H2,2-4H3;1,5-8,13H,9-10H2,2-3H3,(H,16,17);1,5-8,14,16H,9-11H2,2-3H3;2*1,6-9,13H,10-11H2,2-4H3;4-7,11,13H,8H2,1-3H3;3-6,10H,7,12H2,1-2H3. The van der Waals surface area contributed by atoms with Gasteiger partial charge in [0.15, 0.2) is 0 Å². The Labute approximate surface area is 768 Å². The highest BCUT2D eigenvalue weighted by atomic mass is 16.5. The van der Waals surface area contributed by atoms with Crippen LogP contribution in [-0.4, -0.2) is 241 Å². The molecule has 0 aliphatic carbocycles. The highest BCUT2D eigenvalue weighted by Gasteiger charge is 2.27. The highest BCUT2D eigenvalue weighted by molar-refractivity contribution is 5.78. The number of hydrogen-bond acceptors (Lipinski definition) is 18. The van der Waals surface area contributed by atoms with Gasteiger partial charge in [-0.25, -0.2) is 0 Å². The summed E-state index contributed by atoms with van der Waals surface area (Å²) in [5, 5.41) is 21.4. The van der Waals surface area contributed by atoms with Crippen LogP contribution in [0.2, 0.25) is 0 Å². The van der Waals surface area contributed by atoms with E-state index in [9.17, 15) is 34.2 Å². The minimum absolute atomic E-state index is 0.0961. The lowest BCUT2D eigenvalue weighted by Gasteiger charge is -2.24. The first kappa shape index (κ1) is 114. The number of carboxylic acid groups (broad SMARTS) is 1. The summed E-state index contributed by atoms with van der Waals surface area (Å²) in [4.78, 5) is 68.8. The second kappa shape index (κ2) is 65.6. The summed E-state index contributed by atoms with van der Waals surface area (Å²) in [5.41, 5.74) is 24.8. The Morgan fingerprint density at radius 3 is 0.766 bits per heavy atom. The van der Waals surface area contributed by atoms with Crippen LogP contribution in [0.1, 0.15) is 103 Å². The fourth-order valence-electron chi connectivity index (χ4n) is 12.4. The molecule has 0 spiro atoms. The minimum Gasteiger partial charge on any atom is -0.480 e. The number of benzene rings is 8. The van der Waals surface area contributed by atoms with Gasteiger partial charge in [-0.05, 0) is 214 Å². The van der Waals surface area contributed by atoms with Crippen molar-refractivity contribution in [2.24, 2.45) is 5.73 Å². The number of nitrogens with two attached hydrogens (primary N) is 1. The van der Waals surface area contributed by atoms with Crippen LogP contribution in [0, 0.1) is 129 Å². The molecular weight excluding hydrogens is 1600 g/mol. The second-order valence-electron chi connectivity index (χ2n) is 32.2. The lowest BCUT2D eigenvalue weighted by molar-refractivity contribution is -0.147. The van der Waals surface area contributed by atoms with Gasteiger partial charge < -0.3 is 40.2 Å². The number of aliphatic hydroxyl groups is 1. The van der Waals surface area contributed by atoms with Gasteiger partial charge in [-0.3, -0.25) is 53.4 Å². The van der Waals surface area contributed by atoms with E-state index in [-0.39, 0.29) is 54.7 Å². The summed E-state index contributed by atoms with van der Waals surface area (Å²) in [5.74, 6) is 13.5. The Bertz CT molecular complexity index is 4570. The Morgan fingerprint density at radius 2 is 0.531 bits per heavy atom. The predicted molar refractivity (Wildman–Crippen MR) is 526 cm³/mol. The van der Waals surface area contributed by atoms with Gasteiger partial charge in [-0.2, -0.15) is 0 Å². The maximum absolute atomic E-state index is 11.8. The second-order valence-corrected chi connectivity index (χ2v) is 32.2. The number of methoxy groups -OCH3 is 4. The molecule has 8 unspecified atom stereocenters. The van der Waals surface area contributed by atoms with E-state index < -0.39 is 18.1 Å². The van der Waals surface area contributed by atoms with Gasteiger partial charge in [0, 0.05) is 18.1 Å². The van der Waals surface area contributed by atoms with E-state index in [4.69, 9.17) is 58.5 Å². The topological polar surface area (TPSA) is 220 Å². The molecule has 19 nitrogen and oxygen atoms in total. The number of aryl methyl sites for hydroxylation is 8. The van der Waals surface area contributed by atoms with Crippen LogP contribution in [0.4, 0.5) is 0 Å². The SMILES string of the molecule is C#CCN(C)C(C)Cc1ccc(C)cc1.C#CCN(C)C(C)Cc1ccc(C)cc1.C#CCN(C)C(CO)Cc1ccc(C)cc1.C#CCN(C)C(Cc1ccc(C)cc1)C(=O)O.C#CCN(C)C(Cc1ccc(C)cc1)C(=O)OC.C#CCN(C)C(Cc1ccc(C)cc1)C(=O)OC.CNC(Cc1ccc(C)cc1)C(=O)OC.COC(=O)C(N)Cc1ccc(C)cc1. The first-order chi connectivity index (χ1) is 60.9. The fraction of sp³-hybridized carbons (Fsp3) is 0.404. The monoisotopic (exact) mass is 1740 g/mol. The molecule has 0 aliphatic heterocycles. The summed E-state index contributed by atoms with van der Waals surface area (Å²) in [6.07, 6.45) is 37.4. The molecule has 8 atom stereocenters. The maximum atomic E-state index is 11.8. The first-order valence-electron chi connectivity index (χ1n) is 42.8. The van der Waals surface area contributed by atoms with Crippen molar-refractivity contribution in [1.82, 2.24) is 34.7 Å². The molecule has 8 rings (SSSR count). The van der Waals surface area contributed by atoms with Crippen molar-refractivity contribution >= 4 is 29.8 Å². The zero-order valence-corrected chi connectivity index (χ0v) is 80.0. The zero-order valence-electron chi connectivity index (χ0n) is 80.0. The zero-order chi connectivity index (χ0) is 96.2. The summed E-state index contributed by atoms with van der Waals surface area (Å²) in [6, 6.07) is 64.9. The Kier molecular flexibility index (Phi) is 58.5. The average molecular weight is 1740 g/mol. The van der Waals surface area contributed by atoms with E-state index in [1.165, 1.54) is 84.1 Å². The summed E-state index contributed by atoms with van der Waals surface area (Å²) in [6.45, 7) is 24.1. The Morgan fingerprint density at radius 1 is 0.320 bits per heavy atom. The lowest BCUT2D eigenvalue weighted by atomic mass is 10.0. The molecule has 5 N–H and O–H groups in total. The summed E-state index contributed by atoms with van der Waals surface area (Å²) >= 11 is 0. The largest absolute Gasteiger partial charge is 0.480 e. The number of hydrogen-bond donors (Lipinski definition) is 4. The molecule has 0 aromatic heterocycles. The van der Waals surface area contributed by atoms with Gasteiger partial charge >= 0.3 is 29.8 Å². The van der Waals surface area contributed by atoms with Crippen LogP contribution >= 0.6 is 0 Å². The molecule has 0 heterocycles. The predicted octanol–water partition coefficient (Wildman–Crippen LogP) is 13.6. The number of likely N-dealkylation sites (N-methyl/N-ethyl adjacent to an activating group) is 7. The first-order valence-corrected chi connectivity index (χ1v) is 42.8. The average Bonchev–Trinajstić information content (AvgIpc) is 0.874. The quantitative estimate of drug-likeness (QED) is 0.0165. The number of ether oxygens (including phenoxy) is 4. The number of aliphatic hydroxyl groups excluding tert-OH is 1. The van der Waals surface area contributed by atoms with Crippen LogP contribution < -0.4 is 11.1 Å². The van der Waals surface area contributed by atoms with Gasteiger partial charge in [0.1, 0.15) is 30.2 Å². The maximum Gasteiger partial charge on any atom is 0.323 e. The third kappa shape index (κ3) is 48.2. The third-order valence-corrected chi connectivity index (χ3v) is 21.2. The van der Waals surface area contributed by atoms with Crippen molar-refractivity contribution < 1.29 is 53.1 Å². The number of aliphatic carboxylic acids is 1.